The van der Waals surface area contributed by atoms with Crippen molar-refractivity contribution in [1.29, 1.82) is 0 Å². The number of nitro benzene ring substituents is 1. The van der Waals surface area contributed by atoms with Gasteiger partial charge in [-0.1, -0.05) is 23.9 Å². The first-order valence-corrected chi connectivity index (χ1v) is 9.73. The summed E-state index contributed by atoms with van der Waals surface area (Å²) < 4.78 is 10.4. The van der Waals surface area contributed by atoms with Gasteiger partial charge in [-0.2, -0.15) is 0 Å². The molecule has 10 nitrogen and oxygen atoms in total. The summed E-state index contributed by atoms with van der Waals surface area (Å²) in [5, 5.41) is 21.4. The summed E-state index contributed by atoms with van der Waals surface area (Å²) in [6.45, 7) is 1.97. The first-order chi connectivity index (χ1) is 14.5. The van der Waals surface area contributed by atoms with E-state index in [-0.39, 0.29) is 35.1 Å². The predicted molar refractivity (Wildman–Crippen MR) is 108 cm³/mol. The maximum atomic E-state index is 12.2. The number of aromatic nitrogens is 2. The largest absolute Gasteiger partial charge is 0.462 e. The lowest BCUT2D eigenvalue weighted by molar-refractivity contribution is -0.384. The molecule has 0 spiro atoms. The molecule has 154 valence electrons. The van der Waals surface area contributed by atoms with E-state index >= 15 is 0 Å². The molecular formula is C19H16N4O6S. The van der Waals surface area contributed by atoms with E-state index in [0.29, 0.717) is 16.8 Å². The Morgan fingerprint density at radius 2 is 2.00 bits per heavy atom. The van der Waals surface area contributed by atoms with Crippen molar-refractivity contribution in [2.45, 2.75) is 12.1 Å². The van der Waals surface area contributed by atoms with E-state index in [0.717, 1.165) is 11.8 Å². The Balaban J connectivity index is 1.58. The number of hydrogen-bond acceptors (Lipinski definition) is 9. The molecule has 0 unspecified atom stereocenters. The van der Waals surface area contributed by atoms with Gasteiger partial charge >= 0.3 is 5.97 Å². The Hall–Kier alpha value is -3.73. The topological polar surface area (TPSA) is 137 Å². The third-order valence-corrected chi connectivity index (χ3v) is 4.51. The third-order valence-electron chi connectivity index (χ3n) is 3.69. The van der Waals surface area contributed by atoms with Crippen molar-refractivity contribution in [3.8, 4) is 11.5 Å². The zero-order valence-corrected chi connectivity index (χ0v) is 16.5. The first-order valence-electron chi connectivity index (χ1n) is 8.74. The number of nitro groups is 1. The second-order valence-corrected chi connectivity index (χ2v) is 6.75. The number of thioether (sulfide) groups is 1. The van der Waals surface area contributed by atoms with Crippen molar-refractivity contribution < 1.29 is 23.7 Å². The van der Waals surface area contributed by atoms with Crippen LogP contribution in [0.4, 0.5) is 11.4 Å². The number of esters is 1. The molecule has 30 heavy (non-hydrogen) atoms. The fraction of sp³-hybridized carbons (Fsp3) is 0.158. The van der Waals surface area contributed by atoms with Crippen LogP contribution in [0.15, 0.2) is 58.2 Å². The van der Waals surface area contributed by atoms with Crippen molar-refractivity contribution in [2.75, 3.05) is 17.7 Å². The number of carbonyl (C=O) groups is 2. The number of nitrogens with one attached hydrogen (secondary N) is 1. The highest BCUT2D eigenvalue weighted by atomic mass is 32.2. The van der Waals surface area contributed by atoms with E-state index in [2.05, 4.69) is 15.5 Å². The van der Waals surface area contributed by atoms with Crippen LogP contribution in [-0.4, -0.2) is 39.4 Å². The SMILES string of the molecule is CCOC(=O)c1cccc(NC(=O)CSc2nnc(-c3cccc([N+](=O)[O-])c3)o2)c1. The zero-order chi connectivity index (χ0) is 21.5. The Labute approximate surface area is 174 Å². The number of ether oxygens (including phenoxy) is 1. The normalized spacial score (nSPS) is 10.4. The molecule has 0 saturated carbocycles. The first kappa shape index (κ1) is 21.0. The molecule has 2 aromatic carbocycles. The van der Waals surface area contributed by atoms with Gasteiger partial charge in [0.2, 0.25) is 11.8 Å². The lowest BCUT2D eigenvalue weighted by Gasteiger charge is -2.06. The van der Waals surface area contributed by atoms with Gasteiger partial charge in [0.05, 0.1) is 22.8 Å². The van der Waals surface area contributed by atoms with Crippen molar-refractivity contribution in [3.05, 3.63) is 64.2 Å². The number of amides is 1. The number of benzene rings is 2. The monoisotopic (exact) mass is 428 g/mol. The van der Waals surface area contributed by atoms with Gasteiger partial charge in [0.1, 0.15) is 0 Å². The van der Waals surface area contributed by atoms with E-state index in [9.17, 15) is 19.7 Å². The number of anilines is 1. The summed E-state index contributed by atoms with van der Waals surface area (Å²) in [4.78, 5) is 34.3. The molecule has 1 aromatic heterocycles. The van der Waals surface area contributed by atoms with Gasteiger partial charge in [-0.15, -0.1) is 10.2 Å². The predicted octanol–water partition coefficient (Wildman–Crippen LogP) is 3.55. The average molecular weight is 428 g/mol. The molecule has 0 atom stereocenters. The number of rotatable bonds is 8. The molecule has 0 aliphatic heterocycles. The molecular weight excluding hydrogens is 412 g/mol. The molecule has 0 saturated heterocycles. The van der Waals surface area contributed by atoms with E-state index in [1.807, 2.05) is 0 Å². The molecule has 0 bridgehead atoms. The van der Waals surface area contributed by atoms with Gasteiger partial charge in [0.15, 0.2) is 0 Å². The second-order valence-electron chi connectivity index (χ2n) is 5.82. The summed E-state index contributed by atoms with van der Waals surface area (Å²) in [6, 6.07) is 12.2. The number of non-ortho nitro benzene ring substituents is 1. The van der Waals surface area contributed by atoms with Crippen LogP contribution in [-0.2, 0) is 9.53 Å². The van der Waals surface area contributed by atoms with Crippen molar-refractivity contribution in [1.82, 2.24) is 10.2 Å². The van der Waals surface area contributed by atoms with Crippen LogP contribution in [0.3, 0.4) is 0 Å². The number of carbonyl (C=O) groups excluding carboxylic acids is 2. The van der Waals surface area contributed by atoms with Gasteiger partial charge in [-0.05, 0) is 31.2 Å². The maximum Gasteiger partial charge on any atom is 0.338 e. The highest BCUT2D eigenvalue weighted by Crippen LogP contribution is 2.26. The van der Waals surface area contributed by atoms with Gasteiger partial charge < -0.3 is 14.5 Å². The molecule has 1 N–H and O–H groups in total. The lowest BCUT2D eigenvalue weighted by Crippen LogP contribution is -2.14. The second kappa shape index (κ2) is 9.65. The standard InChI is InChI=1S/C19H16N4O6S/c1-2-28-18(25)13-6-3-7-14(9-13)20-16(24)11-30-19-22-21-17(29-19)12-5-4-8-15(10-12)23(26)27/h3-10H,2,11H2,1H3,(H,20,24). The zero-order valence-electron chi connectivity index (χ0n) is 15.7. The summed E-state index contributed by atoms with van der Waals surface area (Å²) in [5.41, 5.74) is 1.10. The van der Waals surface area contributed by atoms with Gasteiger partial charge in [0.25, 0.3) is 10.9 Å². The minimum Gasteiger partial charge on any atom is -0.462 e. The number of hydrogen-bond donors (Lipinski definition) is 1. The Bertz CT molecular complexity index is 1080. The van der Waals surface area contributed by atoms with Crippen molar-refractivity contribution >= 4 is 35.0 Å². The van der Waals surface area contributed by atoms with Crippen LogP contribution >= 0.6 is 11.8 Å². The summed E-state index contributed by atoms with van der Waals surface area (Å²) >= 11 is 1.01. The van der Waals surface area contributed by atoms with Crippen molar-refractivity contribution in [2.24, 2.45) is 0 Å². The molecule has 1 amide bonds. The Morgan fingerprint density at radius 1 is 1.20 bits per heavy atom. The third kappa shape index (κ3) is 5.41. The lowest BCUT2D eigenvalue weighted by atomic mass is 10.2. The van der Waals surface area contributed by atoms with Crippen molar-refractivity contribution in [3.63, 3.8) is 0 Å². The van der Waals surface area contributed by atoms with E-state index in [1.54, 1.807) is 31.2 Å². The van der Waals surface area contributed by atoms with Gasteiger partial charge in [-0.25, -0.2) is 4.79 Å². The molecule has 0 aliphatic carbocycles. The number of nitrogens with zero attached hydrogens (tertiary/aromatic N) is 3. The molecule has 3 aromatic rings. The molecule has 3 rings (SSSR count). The molecule has 0 fully saturated rings. The molecule has 0 aliphatic rings. The minimum atomic E-state index is -0.517. The van der Waals surface area contributed by atoms with Crippen LogP contribution in [0.1, 0.15) is 17.3 Å². The highest BCUT2D eigenvalue weighted by molar-refractivity contribution is 7.99. The summed E-state index contributed by atoms with van der Waals surface area (Å²) in [6.07, 6.45) is 0. The Kier molecular flexibility index (Phi) is 6.75. The fourth-order valence-electron chi connectivity index (χ4n) is 2.40. The summed E-state index contributed by atoms with van der Waals surface area (Å²) in [5.74, 6) is -0.706. The van der Waals surface area contributed by atoms with Crippen LogP contribution in [0.5, 0.6) is 0 Å². The molecule has 0 radical (unpaired) electrons. The highest BCUT2D eigenvalue weighted by Gasteiger charge is 2.14. The van der Waals surface area contributed by atoms with Crippen LogP contribution < -0.4 is 5.32 Å². The minimum absolute atomic E-state index is 0.0137. The molecule has 1 heterocycles. The smallest absolute Gasteiger partial charge is 0.338 e. The van der Waals surface area contributed by atoms with Gasteiger partial charge in [-0.3, -0.25) is 14.9 Å². The quantitative estimate of drug-likeness (QED) is 0.247. The van der Waals surface area contributed by atoms with Crippen LogP contribution in [0, 0.1) is 10.1 Å². The molecule has 11 heteroatoms. The maximum absolute atomic E-state index is 12.2. The fourth-order valence-corrected chi connectivity index (χ4v) is 2.96. The van der Waals surface area contributed by atoms with E-state index < -0.39 is 10.9 Å². The average Bonchev–Trinajstić information content (AvgIpc) is 3.22. The van der Waals surface area contributed by atoms with Crippen LogP contribution in [0.25, 0.3) is 11.5 Å². The van der Waals surface area contributed by atoms with E-state index in [4.69, 9.17) is 9.15 Å². The van der Waals surface area contributed by atoms with E-state index in [1.165, 1.54) is 24.3 Å². The van der Waals surface area contributed by atoms with Gasteiger partial charge in [0, 0.05) is 23.4 Å². The van der Waals surface area contributed by atoms with Crippen LogP contribution in [0.2, 0.25) is 0 Å². The summed E-state index contributed by atoms with van der Waals surface area (Å²) in [7, 11) is 0. The Morgan fingerprint density at radius 3 is 2.77 bits per heavy atom.